The van der Waals surface area contributed by atoms with Gasteiger partial charge in [0.05, 0.1) is 7.11 Å². The van der Waals surface area contributed by atoms with E-state index in [-0.39, 0.29) is 0 Å². The van der Waals surface area contributed by atoms with Gasteiger partial charge >= 0.3 is 0 Å². The highest BCUT2D eigenvalue weighted by molar-refractivity contribution is 9.10. The Bertz CT molecular complexity index is 769. The number of ether oxygens (including phenoxy) is 1. The summed E-state index contributed by atoms with van der Waals surface area (Å²) in [5, 5.41) is 12.8. The molecular formula is C18H15BrO2. The molecule has 0 aliphatic carbocycles. The maximum Gasteiger partial charge on any atom is 0.125 e. The zero-order chi connectivity index (χ0) is 14.8. The van der Waals surface area contributed by atoms with Crippen LogP contribution in [0.1, 0.15) is 17.2 Å². The summed E-state index contributed by atoms with van der Waals surface area (Å²) in [5.41, 5.74) is 1.62. The highest BCUT2D eigenvalue weighted by Gasteiger charge is 2.16. The molecule has 21 heavy (non-hydrogen) atoms. The van der Waals surface area contributed by atoms with Crippen LogP contribution >= 0.6 is 15.9 Å². The molecule has 0 saturated heterocycles. The predicted molar refractivity (Wildman–Crippen MR) is 88.7 cm³/mol. The first kappa shape index (κ1) is 14.1. The Labute approximate surface area is 132 Å². The van der Waals surface area contributed by atoms with E-state index in [1.807, 2.05) is 60.7 Å². The van der Waals surface area contributed by atoms with E-state index in [1.54, 1.807) is 7.11 Å². The average molecular weight is 343 g/mol. The van der Waals surface area contributed by atoms with Gasteiger partial charge in [-0.25, -0.2) is 0 Å². The highest BCUT2D eigenvalue weighted by Crippen LogP contribution is 2.34. The van der Waals surface area contributed by atoms with Crippen molar-refractivity contribution >= 4 is 26.7 Å². The van der Waals surface area contributed by atoms with E-state index in [1.165, 1.54) is 0 Å². The molecule has 0 spiro atoms. The highest BCUT2D eigenvalue weighted by atomic mass is 79.9. The summed E-state index contributed by atoms with van der Waals surface area (Å²) in [6.45, 7) is 0. The van der Waals surface area contributed by atoms with Gasteiger partial charge in [-0.3, -0.25) is 0 Å². The predicted octanol–water partition coefficient (Wildman–Crippen LogP) is 4.69. The van der Waals surface area contributed by atoms with Gasteiger partial charge in [-0.05, 0) is 40.6 Å². The largest absolute Gasteiger partial charge is 0.496 e. The minimum atomic E-state index is -0.704. The molecule has 0 bridgehead atoms. The lowest BCUT2D eigenvalue weighted by Crippen LogP contribution is -2.02. The Balaban J connectivity index is 2.16. The molecule has 0 fully saturated rings. The van der Waals surface area contributed by atoms with Crippen LogP contribution in [0.2, 0.25) is 0 Å². The molecule has 1 atom stereocenters. The quantitative estimate of drug-likeness (QED) is 0.747. The Morgan fingerprint density at radius 3 is 2.43 bits per heavy atom. The van der Waals surface area contributed by atoms with E-state index in [0.29, 0.717) is 5.75 Å². The lowest BCUT2D eigenvalue weighted by atomic mass is 9.97. The molecule has 0 amide bonds. The van der Waals surface area contributed by atoms with Crippen molar-refractivity contribution in [2.75, 3.05) is 7.11 Å². The Morgan fingerprint density at radius 1 is 0.952 bits per heavy atom. The zero-order valence-corrected chi connectivity index (χ0v) is 13.2. The van der Waals surface area contributed by atoms with E-state index >= 15 is 0 Å². The molecule has 3 aromatic carbocycles. The van der Waals surface area contributed by atoms with Crippen LogP contribution in [0, 0.1) is 0 Å². The second-order valence-electron chi connectivity index (χ2n) is 4.90. The van der Waals surface area contributed by atoms with E-state index in [4.69, 9.17) is 4.74 Å². The maximum atomic E-state index is 10.6. The van der Waals surface area contributed by atoms with Crippen LogP contribution in [0.4, 0.5) is 0 Å². The molecule has 3 rings (SSSR count). The van der Waals surface area contributed by atoms with Crippen molar-refractivity contribution in [3.63, 3.8) is 0 Å². The number of fused-ring (bicyclic) bond motifs is 1. The fraction of sp³-hybridized carbons (Fsp3) is 0.111. The van der Waals surface area contributed by atoms with E-state index in [9.17, 15) is 5.11 Å². The Morgan fingerprint density at radius 2 is 1.71 bits per heavy atom. The summed E-state index contributed by atoms with van der Waals surface area (Å²) in [6.07, 6.45) is -0.704. The molecule has 106 valence electrons. The molecule has 1 N–H and O–H groups in total. The fourth-order valence-electron chi connectivity index (χ4n) is 2.47. The number of aliphatic hydroxyl groups is 1. The third-order valence-electron chi connectivity index (χ3n) is 3.56. The van der Waals surface area contributed by atoms with Gasteiger partial charge in [0.25, 0.3) is 0 Å². The molecule has 3 heteroatoms. The Kier molecular flexibility index (Phi) is 3.95. The smallest absolute Gasteiger partial charge is 0.125 e. The van der Waals surface area contributed by atoms with Gasteiger partial charge in [-0.15, -0.1) is 0 Å². The van der Waals surface area contributed by atoms with Gasteiger partial charge in [-0.1, -0.05) is 52.3 Å². The molecule has 2 nitrogen and oxygen atoms in total. The van der Waals surface area contributed by atoms with Crippen molar-refractivity contribution in [1.29, 1.82) is 0 Å². The van der Waals surface area contributed by atoms with E-state index in [2.05, 4.69) is 15.9 Å². The van der Waals surface area contributed by atoms with Crippen LogP contribution in [-0.2, 0) is 0 Å². The lowest BCUT2D eigenvalue weighted by Gasteiger charge is -2.16. The number of hydrogen-bond donors (Lipinski definition) is 1. The first-order chi connectivity index (χ1) is 10.2. The van der Waals surface area contributed by atoms with Crippen LogP contribution in [0.5, 0.6) is 5.75 Å². The van der Waals surface area contributed by atoms with Crippen molar-refractivity contribution in [3.8, 4) is 5.75 Å². The summed E-state index contributed by atoms with van der Waals surface area (Å²) in [7, 11) is 1.63. The van der Waals surface area contributed by atoms with Crippen LogP contribution in [-0.4, -0.2) is 12.2 Å². The van der Waals surface area contributed by atoms with Gasteiger partial charge in [0, 0.05) is 10.0 Å². The second kappa shape index (κ2) is 5.88. The first-order valence-electron chi connectivity index (χ1n) is 6.69. The van der Waals surface area contributed by atoms with Gasteiger partial charge in [0.2, 0.25) is 0 Å². The van der Waals surface area contributed by atoms with Crippen molar-refractivity contribution < 1.29 is 9.84 Å². The zero-order valence-electron chi connectivity index (χ0n) is 11.6. The summed E-state index contributed by atoms with van der Waals surface area (Å²) in [6, 6.07) is 19.6. The van der Waals surface area contributed by atoms with Crippen LogP contribution in [0.15, 0.2) is 65.1 Å². The number of benzene rings is 3. The van der Waals surface area contributed by atoms with Crippen LogP contribution in [0.3, 0.4) is 0 Å². The molecule has 0 aliphatic rings. The van der Waals surface area contributed by atoms with Crippen molar-refractivity contribution in [2.24, 2.45) is 0 Å². The molecule has 0 saturated carbocycles. The molecule has 1 unspecified atom stereocenters. The number of methoxy groups -OCH3 is 1. The molecular weight excluding hydrogens is 328 g/mol. The molecule has 3 aromatic rings. The normalized spacial score (nSPS) is 12.3. The van der Waals surface area contributed by atoms with Crippen molar-refractivity contribution in [1.82, 2.24) is 0 Å². The first-order valence-corrected chi connectivity index (χ1v) is 7.48. The summed E-state index contributed by atoms with van der Waals surface area (Å²) in [5.74, 6) is 0.696. The third kappa shape index (κ3) is 2.80. The number of hydrogen-bond acceptors (Lipinski definition) is 2. The summed E-state index contributed by atoms with van der Waals surface area (Å²) < 4.78 is 6.47. The minimum absolute atomic E-state index is 0.696. The standard InChI is InChI=1S/C18H15BrO2/c1-21-17-11-13-7-8-15(19)9-14(13)10-16(17)18(20)12-5-3-2-4-6-12/h2-11,18,20H,1H3. The van der Waals surface area contributed by atoms with Gasteiger partial charge < -0.3 is 9.84 Å². The molecule has 0 aromatic heterocycles. The average Bonchev–Trinajstić information content (AvgIpc) is 2.53. The summed E-state index contributed by atoms with van der Waals surface area (Å²) in [4.78, 5) is 0. The van der Waals surface area contributed by atoms with Crippen molar-refractivity contribution in [2.45, 2.75) is 6.10 Å². The summed E-state index contributed by atoms with van der Waals surface area (Å²) >= 11 is 3.48. The maximum absolute atomic E-state index is 10.6. The third-order valence-corrected chi connectivity index (χ3v) is 4.05. The van der Waals surface area contributed by atoms with Gasteiger partial charge in [0.1, 0.15) is 11.9 Å². The van der Waals surface area contributed by atoms with Gasteiger partial charge in [-0.2, -0.15) is 0 Å². The molecule has 0 aliphatic heterocycles. The fourth-order valence-corrected chi connectivity index (χ4v) is 2.85. The van der Waals surface area contributed by atoms with Crippen LogP contribution in [0.25, 0.3) is 10.8 Å². The lowest BCUT2D eigenvalue weighted by molar-refractivity contribution is 0.215. The SMILES string of the molecule is COc1cc2ccc(Br)cc2cc1C(O)c1ccccc1. The number of aliphatic hydroxyl groups excluding tert-OH is 1. The van der Waals surface area contributed by atoms with Gasteiger partial charge in [0.15, 0.2) is 0 Å². The van der Waals surface area contributed by atoms with Crippen molar-refractivity contribution in [3.05, 3.63) is 76.3 Å². The monoisotopic (exact) mass is 342 g/mol. The Hall–Kier alpha value is -1.84. The number of halogens is 1. The van der Waals surface area contributed by atoms with Crippen LogP contribution < -0.4 is 4.74 Å². The molecule has 0 heterocycles. The number of rotatable bonds is 3. The van der Waals surface area contributed by atoms with E-state index < -0.39 is 6.10 Å². The van der Waals surface area contributed by atoms with E-state index in [0.717, 1.165) is 26.4 Å². The topological polar surface area (TPSA) is 29.5 Å². The second-order valence-corrected chi connectivity index (χ2v) is 5.81. The molecule has 0 radical (unpaired) electrons. The minimum Gasteiger partial charge on any atom is -0.496 e.